The second-order valence-corrected chi connectivity index (χ2v) is 5.82. The average molecular weight is 307 g/mol. The molecule has 0 aliphatic heterocycles. The first-order valence-electron chi connectivity index (χ1n) is 6.96. The van der Waals surface area contributed by atoms with E-state index in [9.17, 15) is 0 Å². The van der Waals surface area contributed by atoms with Crippen molar-refractivity contribution in [2.75, 3.05) is 0 Å². The van der Waals surface area contributed by atoms with Gasteiger partial charge in [0.2, 0.25) is 5.89 Å². The lowest BCUT2D eigenvalue weighted by Crippen LogP contribution is -1.83. The molecule has 1 N–H and O–H groups in total. The van der Waals surface area contributed by atoms with E-state index in [1.54, 1.807) is 18.0 Å². The van der Waals surface area contributed by atoms with Crippen molar-refractivity contribution in [1.82, 2.24) is 15.0 Å². The second-order valence-electron chi connectivity index (χ2n) is 4.86. The number of para-hydroxylation sites is 2. The SMILES string of the molecule is c1ccc(-c2nc(CSc3nc4ccccc4[nH]3)co2)cc1. The number of nitrogens with one attached hydrogen (secondary N) is 1. The van der Waals surface area contributed by atoms with Crippen molar-refractivity contribution >= 4 is 22.8 Å². The molecule has 2 aromatic carbocycles. The normalized spacial score (nSPS) is 11.1. The van der Waals surface area contributed by atoms with Gasteiger partial charge in [0.25, 0.3) is 0 Å². The Morgan fingerprint density at radius 2 is 1.77 bits per heavy atom. The molecule has 0 spiro atoms. The Hall–Kier alpha value is -2.53. The summed E-state index contributed by atoms with van der Waals surface area (Å²) in [4.78, 5) is 12.4. The van der Waals surface area contributed by atoms with E-state index < -0.39 is 0 Å². The van der Waals surface area contributed by atoms with Crippen molar-refractivity contribution in [3.8, 4) is 11.5 Å². The van der Waals surface area contributed by atoms with Crippen molar-refractivity contribution in [1.29, 1.82) is 0 Å². The molecule has 108 valence electrons. The summed E-state index contributed by atoms with van der Waals surface area (Å²) in [6.07, 6.45) is 1.71. The van der Waals surface area contributed by atoms with Crippen LogP contribution < -0.4 is 0 Å². The van der Waals surface area contributed by atoms with Crippen LogP contribution in [0.4, 0.5) is 0 Å². The lowest BCUT2D eigenvalue weighted by molar-refractivity contribution is 0.573. The lowest BCUT2D eigenvalue weighted by Gasteiger charge is -1.93. The van der Waals surface area contributed by atoms with Gasteiger partial charge in [0.05, 0.1) is 16.7 Å². The minimum atomic E-state index is 0.654. The van der Waals surface area contributed by atoms with E-state index in [1.807, 2.05) is 54.6 Å². The van der Waals surface area contributed by atoms with Gasteiger partial charge >= 0.3 is 0 Å². The van der Waals surface area contributed by atoms with Crippen LogP contribution in [0.1, 0.15) is 5.69 Å². The summed E-state index contributed by atoms with van der Waals surface area (Å²) in [6.45, 7) is 0. The molecular formula is C17H13N3OS. The standard InChI is InChI=1S/C17H13N3OS/c1-2-6-12(7-3-1)16-18-13(10-21-16)11-22-17-19-14-8-4-5-9-15(14)20-17/h1-10H,11H2,(H,19,20). The Balaban J connectivity index is 1.49. The average Bonchev–Trinajstić information content (AvgIpc) is 3.20. The maximum Gasteiger partial charge on any atom is 0.226 e. The number of aromatic nitrogens is 3. The molecule has 0 saturated carbocycles. The topological polar surface area (TPSA) is 54.7 Å². The van der Waals surface area contributed by atoms with Crippen molar-refractivity contribution in [3.63, 3.8) is 0 Å². The first-order chi connectivity index (χ1) is 10.9. The Morgan fingerprint density at radius 1 is 0.955 bits per heavy atom. The molecule has 0 aliphatic rings. The zero-order valence-corrected chi connectivity index (χ0v) is 12.5. The molecule has 0 aliphatic carbocycles. The number of H-pyrrole nitrogens is 1. The van der Waals surface area contributed by atoms with Crippen LogP contribution in [0.25, 0.3) is 22.5 Å². The first-order valence-corrected chi connectivity index (χ1v) is 7.94. The molecule has 4 aromatic rings. The zero-order valence-electron chi connectivity index (χ0n) is 11.7. The highest BCUT2D eigenvalue weighted by molar-refractivity contribution is 7.98. The van der Waals surface area contributed by atoms with Crippen molar-refractivity contribution < 1.29 is 4.42 Å². The molecule has 0 unspecified atom stereocenters. The number of benzene rings is 2. The fourth-order valence-electron chi connectivity index (χ4n) is 2.23. The highest BCUT2D eigenvalue weighted by Gasteiger charge is 2.08. The molecule has 22 heavy (non-hydrogen) atoms. The van der Waals surface area contributed by atoms with E-state index in [2.05, 4.69) is 15.0 Å². The molecule has 0 saturated heterocycles. The van der Waals surface area contributed by atoms with Crippen LogP contribution in [0.3, 0.4) is 0 Å². The van der Waals surface area contributed by atoms with Crippen LogP contribution in [0.2, 0.25) is 0 Å². The van der Waals surface area contributed by atoms with Gasteiger partial charge < -0.3 is 9.40 Å². The summed E-state index contributed by atoms with van der Waals surface area (Å²) in [5, 5.41) is 0.894. The third kappa shape index (κ3) is 2.63. The summed E-state index contributed by atoms with van der Waals surface area (Å²) < 4.78 is 5.54. The molecule has 5 heteroatoms. The van der Waals surface area contributed by atoms with Crippen LogP contribution in [0.5, 0.6) is 0 Å². The third-order valence-corrected chi connectivity index (χ3v) is 4.20. The van der Waals surface area contributed by atoms with Gasteiger partial charge in [-0.1, -0.05) is 42.1 Å². The molecule has 0 atom stereocenters. The number of fused-ring (bicyclic) bond motifs is 1. The highest BCUT2D eigenvalue weighted by atomic mass is 32.2. The summed E-state index contributed by atoms with van der Waals surface area (Å²) in [5.41, 5.74) is 3.93. The number of rotatable bonds is 4. The van der Waals surface area contributed by atoms with Crippen molar-refractivity contribution in [3.05, 3.63) is 66.6 Å². The van der Waals surface area contributed by atoms with Crippen LogP contribution in [-0.2, 0) is 5.75 Å². The van der Waals surface area contributed by atoms with E-state index >= 15 is 0 Å². The second kappa shape index (κ2) is 5.69. The summed E-state index contributed by atoms with van der Waals surface area (Å²) in [5.74, 6) is 1.37. The molecule has 0 bridgehead atoms. The third-order valence-electron chi connectivity index (χ3n) is 3.30. The quantitative estimate of drug-likeness (QED) is 0.564. The van der Waals surface area contributed by atoms with Crippen molar-refractivity contribution in [2.24, 2.45) is 0 Å². The molecular weight excluding hydrogens is 294 g/mol. The van der Waals surface area contributed by atoms with Crippen LogP contribution in [0.15, 0.2) is 70.4 Å². The molecule has 0 fully saturated rings. The first kappa shape index (κ1) is 13.2. The molecule has 0 radical (unpaired) electrons. The number of hydrogen-bond acceptors (Lipinski definition) is 4. The Labute approximate surface area is 131 Å². The highest BCUT2D eigenvalue weighted by Crippen LogP contribution is 2.24. The lowest BCUT2D eigenvalue weighted by atomic mass is 10.2. The van der Waals surface area contributed by atoms with E-state index in [0.29, 0.717) is 5.89 Å². The van der Waals surface area contributed by atoms with Crippen LogP contribution in [0, 0.1) is 0 Å². The zero-order chi connectivity index (χ0) is 14.8. The van der Waals surface area contributed by atoms with Gasteiger partial charge in [0.1, 0.15) is 6.26 Å². The predicted molar refractivity (Wildman–Crippen MR) is 87.6 cm³/mol. The molecule has 2 aromatic heterocycles. The fourth-order valence-corrected chi connectivity index (χ4v) is 2.99. The number of imidazole rings is 1. The van der Waals surface area contributed by atoms with E-state index in [0.717, 1.165) is 33.2 Å². The Kier molecular flexibility index (Phi) is 3.40. The number of hydrogen-bond donors (Lipinski definition) is 1. The van der Waals surface area contributed by atoms with Crippen LogP contribution >= 0.6 is 11.8 Å². The number of oxazole rings is 1. The smallest absolute Gasteiger partial charge is 0.226 e. The number of aromatic amines is 1. The fraction of sp³-hybridized carbons (Fsp3) is 0.0588. The van der Waals surface area contributed by atoms with E-state index in [-0.39, 0.29) is 0 Å². The van der Waals surface area contributed by atoms with Crippen LogP contribution in [-0.4, -0.2) is 15.0 Å². The minimum absolute atomic E-state index is 0.654. The van der Waals surface area contributed by atoms with Gasteiger partial charge in [-0.3, -0.25) is 0 Å². The van der Waals surface area contributed by atoms with Gasteiger partial charge in [-0.05, 0) is 24.3 Å². The number of thioether (sulfide) groups is 1. The van der Waals surface area contributed by atoms with Gasteiger partial charge in [0, 0.05) is 11.3 Å². The predicted octanol–water partition coefficient (Wildman–Crippen LogP) is 4.51. The van der Waals surface area contributed by atoms with Crippen molar-refractivity contribution in [2.45, 2.75) is 10.9 Å². The maximum atomic E-state index is 5.54. The molecule has 4 nitrogen and oxygen atoms in total. The monoisotopic (exact) mass is 307 g/mol. The summed E-state index contributed by atoms with van der Waals surface area (Å²) in [6, 6.07) is 17.9. The Morgan fingerprint density at radius 3 is 2.64 bits per heavy atom. The number of nitrogens with zero attached hydrogens (tertiary/aromatic N) is 2. The molecule has 2 heterocycles. The van der Waals surface area contributed by atoms with E-state index in [4.69, 9.17) is 4.42 Å². The summed E-state index contributed by atoms with van der Waals surface area (Å²) >= 11 is 1.62. The Bertz CT molecular complexity index is 865. The largest absolute Gasteiger partial charge is 0.444 e. The van der Waals surface area contributed by atoms with Gasteiger partial charge in [-0.2, -0.15) is 0 Å². The van der Waals surface area contributed by atoms with Gasteiger partial charge in [-0.25, -0.2) is 9.97 Å². The van der Waals surface area contributed by atoms with Gasteiger partial charge in [0.15, 0.2) is 5.16 Å². The van der Waals surface area contributed by atoms with E-state index in [1.165, 1.54) is 0 Å². The van der Waals surface area contributed by atoms with Gasteiger partial charge in [-0.15, -0.1) is 0 Å². The summed E-state index contributed by atoms with van der Waals surface area (Å²) in [7, 11) is 0. The molecule has 0 amide bonds. The molecule has 4 rings (SSSR count). The minimum Gasteiger partial charge on any atom is -0.444 e. The maximum absolute atomic E-state index is 5.54.